The van der Waals surface area contributed by atoms with Crippen molar-refractivity contribution in [3.8, 4) is 0 Å². The second-order valence-electron chi connectivity index (χ2n) is 3.19. The van der Waals surface area contributed by atoms with Crippen molar-refractivity contribution in [2.75, 3.05) is 36.6 Å². The van der Waals surface area contributed by atoms with Crippen molar-refractivity contribution in [2.24, 2.45) is 0 Å². The molecule has 1 unspecified atom stereocenters. The maximum Gasteiger partial charge on any atom is 0.148 e. The van der Waals surface area contributed by atoms with Gasteiger partial charge in [-0.25, -0.2) is 8.42 Å². The van der Waals surface area contributed by atoms with Crippen molar-refractivity contribution in [3.05, 3.63) is 0 Å². The Morgan fingerprint density at radius 1 is 1.29 bits per heavy atom. The molecule has 86 valence electrons. The molecule has 0 aliphatic heterocycles. The minimum Gasteiger partial charge on any atom is -0.317 e. The first-order valence-electron chi connectivity index (χ1n) is 4.69. The summed E-state index contributed by atoms with van der Waals surface area (Å²) in [5.41, 5.74) is 0. The van der Waals surface area contributed by atoms with Crippen LogP contribution in [0.4, 0.5) is 0 Å². The zero-order chi connectivity index (χ0) is 11.0. The molecule has 4 nitrogen and oxygen atoms in total. The Kier molecular flexibility index (Phi) is 7.40. The van der Waals surface area contributed by atoms with E-state index in [2.05, 4.69) is 5.32 Å². The highest BCUT2D eigenvalue weighted by molar-refractivity contribution is 7.92. The summed E-state index contributed by atoms with van der Waals surface area (Å²) in [6.07, 6.45) is 2.01. The average molecular weight is 241 g/mol. The van der Waals surface area contributed by atoms with Gasteiger partial charge < -0.3 is 5.32 Å². The van der Waals surface area contributed by atoms with Gasteiger partial charge in [0.25, 0.3) is 0 Å². The molecule has 0 aromatic carbocycles. The van der Waals surface area contributed by atoms with E-state index >= 15 is 0 Å². The third-order valence-electron chi connectivity index (χ3n) is 1.66. The maximum absolute atomic E-state index is 11.3. The fourth-order valence-electron chi connectivity index (χ4n) is 0.881. The summed E-state index contributed by atoms with van der Waals surface area (Å²) < 4.78 is 32.8. The van der Waals surface area contributed by atoms with Gasteiger partial charge in [0.2, 0.25) is 0 Å². The Morgan fingerprint density at radius 2 is 1.93 bits per heavy atom. The molecule has 0 saturated carbocycles. The minimum atomic E-state index is -2.96. The van der Waals surface area contributed by atoms with Crippen LogP contribution in [0.1, 0.15) is 13.3 Å². The number of sulfone groups is 1. The van der Waals surface area contributed by atoms with Crippen LogP contribution in [0.5, 0.6) is 0 Å². The van der Waals surface area contributed by atoms with Gasteiger partial charge in [-0.3, -0.25) is 4.21 Å². The fourth-order valence-corrected chi connectivity index (χ4v) is 3.51. The van der Waals surface area contributed by atoms with Gasteiger partial charge >= 0.3 is 0 Å². The SMILES string of the molecule is CCNCCCS(=O)CCS(C)(=O)=O. The summed E-state index contributed by atoms with van der Waals surface area (Å²) in [5, 5.41) is 3.12. The van der Waals surface area contributed by atoms with Crippen LogP contribution in [0.15, 0.2) is 0 Å². The Morgan fingerprint density at radius 3 is 2.43 bits per heavy atom. The average Bonchev–Trinajstić information content (AvgIpc) is 2.08. The van der Waals surface area contributed by atoms with Crippen LogP contribution in [0.3, 0.4) is 0 Å². The molecule has 0 radical (unpaired) electrons. The van der Waals surface area contributed by atoms with Gasteiger partial charge in [0.05, 0.1) is 5.75 Å². The van der Waals surface area contributed by atoms with E-state index in [-0.39, 0.29) is 11.5 Å². The Hall–Kier alpha value is 0.0600. The summed E-state index contributed by atoms with van der Waals surface area (Å²) >= 11 is 0. The lowest BCUT2D eigenvalue weighted by Gasteiger charge is -2.02. The molecule has 14 heavy (non-hydrogen) atoms. The quantitative estimate of drug-likeness (QED) is 0.597. The minimum absolute atomic E-state index is 0.0286. The van der Waals surface area contributed by atoms with Crippen LogP contribution in [-0.4, -0.2) is 49.2 Å². The van der Waals surface area contributed by atoms with E-state index in [0.717, 1.165) is 19.5 Å². The molecule has 1 atom stereocenters. The first-order chi connectivity index (χ1) is 6.45. The molecule has 0 aliphatic rings. The van der Waals surface area contributed by atoms with Gasteiger partial charge in [-0.15, -0.1) is 0 Å². The van der Waals surface area contributed by atoms with Gasteiger partial charge in [0, 0.05) is 28.6 Å². The smallest absolute Gasteiger partial charge is 0.148 e. The summed E-state index contributed by atoms with van der Waals surface area (Å²) in [5.74, 6) is 0.883. The van der Waals surface area contributed by atoms with Crippen molar-refractivity contribution in [2.45, 2.75) is 13.3 Å². The molecular formula is C8H19NO3S2. The van der Waals surface area contributed by atoms with Crippen LogP contribution < -0.4 is 5.32 Å². The van der Waals surface area contributed by atoms with E-state index in [1.165, 1.54) is 6.26 Å². The highest BCUT2D eigenvalue weighted by Gasteiger charge is 2.06. The van der Waals surface area contributed by atoms with Gasteiger partial charge in [0.1, 0.15) is 9.84 Å². The van der Waals surface area contributed by atoms with Crippen molar-refractivity contribution in [1.82, 2.24) is 5.32 Å². The van der Waals surface area contributed by atoms with Gasteiger partial charge in [-0.2, -0.15) is 0 Å². The highest BCUT2D eigenvalue weighted by Crippen LogP contribution is 1.91. The zero-order valence-corrected chi connectivity index (χ0v) is 10.4. The lowest BCUT2D eigenvalue weighted by molar-refractivity contribution is 0.602. The van der Waals surface area contributed by atoms with E-state index in [1.807, 2.05) is 6.92 Å². The van der Waals surface area contributed by atoms with Crippen LogP contribution in [0.2, 0.25) is 0 Å². The Bertz CT molecular complexity index is 262. The molecule has 0 aromatic rings. The maximum atomic E-state index is 11.3. The first kappa shape index (κ1) is 14.1. The zero-order valence-electron chi connectivity index (χ0n) is 8.78. The van der Waals surface area contributed by atoms with E-state index in [9.17, 15) is 12.6 Å². The molecule has 0 rings (SSSR count). The predicted molar refractivity (Wildman–Crippen MR) is 60.7 cm³/mol. The van der Waals surface area contributed by atoms with Gasteiger partial charge in [-0.05, 0) is 19.5 Å². The van der Waals surface area contributed by atoms with E-state index in [0.29, 0.717) is 5.75 Å². The molecule has 6 heteroatoms. The predicted octanol–water partition coefficient (Wildman–Crippen LogP) is -0.221. The molecule has 0 saturated heterocycles. The van der Waals surface area contributed by atoms with Crippen molar-refractivity contribution in [1.29, 1.82) is 0 Å². The summed E-state index contributed by atoms with van der Waals surface area (Å²) in [6.45, 7) is 3.78. The summed E-state index contributed by atoms with van der Waals surface area (Å²) in [6, 6.07) is 0. The van der Waals surface area contributed by atoms with E-state index < -0.39 is 20.6 Å². The lowest BCUT2D eigenvalue weighted by Crippen LogP contribution is -2.18. The largest absolute Gasteiger partial charge is 0.317 e. The molecule has 0 aromatic heterocycles. The van der Waals surface area contributed by atoms with Gasteiger partial charge in [0.15, 0.2) is 0 Å². The number of nitrogens with one attached hydrogen (secondary N) is 1. The lowest BCUT2D eigenvalue weighted by atomic mass is 10.5. The number of rotatable bonds is 8. The normalized spacial score (nSPS) is 14.1. The number of hydrogen-bond donors (Lipinski definition) is 1. The molecule has 0 spiro atoms. The van der Waals surface area contributed by atoms with E-state index in [4.69, 9.17) is 0 Å². The summed E-state index contributed by atoms with van der Waals surface area (Å²) in [7, 11) is -3.95. The standard InChI is InChI=1S/C8H19NO3S2/c1-3-9-5-4-6-13(10)7-8-14(2,11)12/h9H,3-8H2,1-2H3. The third-order valence-corrected chi connectivity index (χ3v) is 4.26. The second-order valence-corrected chi connectivity index (χ2v) is 7.14. The van der Waals surface area contributed by atoms with Crippen LogP contribution >= 0.6 is 0 Å². The Balaban J connectivity index is 3.47. The Labute approximate surface area is 88.8 Å². The van der Waals surface area contributed by atoms with Crippen LogP contribution in [0.25, 0.3) is 0 Å². The summed E-state index contributed by atoms with van der Waals surface area (Å²) in [4.78, 5) is 0. The molecule has 0 bridgehead atoms. The highest BCUT2D eigenvalue weighted by atomic mass is 32.2. The molecule has 0 fully saturated rings. The number of hydrogen-bond acceptors (Lipinski definition) is 4. The molecule has 0 aliphatic carbocycles. The third kappa shape index (κ3) is 10.1. The monoisotopic (exact) mass is 241 g/mol. The second kappa shape index (κ2) is 7.36. The first-order valence-corrected chi connectivity index (χ1v) is 8.24. The van der Waals surface area contributed by atoms with Crippen LogP contribution in [-0.2, 0) is 20.6 Å². The van der Waals surface area contributed by atoms with Crippen molar-refractivity contribution < 1.29 is 12.6 Å². The van der Waals surface area contributed by atoms with Crippen LogP contribution in [0, 0.1) is 0 Å². The molecular weight excluding hydrogens is 222 g/mol. The van der Waals surface area contributed by atoms with Crippen molar-refractivity contribution >= 4 is 20.6 Å². The molecule has 1 N–H and O–H groups in total. The van der Waals surface area contributed by atoms with E-state index in [1.54, 1.807) is 0 Å². The van der Waals surface area contributed by atoms with Crippen molar-refractivity contribution in [3.63, 3.8) is 0 Å². The molecule has 0 heterocycles. The topological polar surface area (TPSA) is 63.2 Å². The fraction of sp³-hybridized carbons (Fsp3) is 1.00. The van der Waals surface area contributed by atoms with Gasteiger partial charge in [-0.1, -0.05) is 6.92 Å². The molecule has 0 amide bonds.